The first-order valence-electron chi connectivity index (χ1n) is 19.2. The topological polar surface area (TPSA) is 0 Å². The maximum Gasteiger partial charge on any atom is -1.00 e. The van der Waals surface area contributed by atoms with Crippen molar-refractivity contribution in [3.05, 3.63) is 131 Å². The second kappa shape index (κ2) is 21.0. The van der Waals surface area contributed by atoms with Gasteiger partial charge in [-0.1, -0.05) is 126 Å². The van der Waals surface area contributed by atoms with E-state index in [1.807, 2.05) is 0 Å². The SMILES string of the molecule is CC1CCC(c2cc3c(-c4ccc(C(C)C)cc4)cccc3[cH-]2)CC1.CCc1cc2c(-c3ccc(C(C)CC)cc3)cccc2[cH-]1.C[Si](C)=[Zr+2].[Cl-].[Cl-]. The van der Waals surface area contributed by atoms with E-state index in [9.17, 15) is 0 Å². The molecule has 0 heterocycles. The van der Waals surface area contributed by atoms with Crippen molar-refractivity contribution >= 4 is 27.0 Å². The Morgan fingerprint density at radius 1 is 0.673 bits per heavy atom. The fourth-order valence-electron chi connectivity index (χ4n) is 7.37. The standard InChI is InChI=1S/C25H29.C21H23.C2H6Si.2ClH.Zr/c1-17(2)19-11-13-21(14-12-19)24-6-4-5-22-15-23(16-25(22)24)20-9-7-18(3)8-10-20;1-4-15(3)17-9-11-18(12-10-17)20-8-6-7-19-13-16(5-2)14-21(19)20;1-3-2;;;/h4-6,11-18,20H,7-10H2,1-3H3;6-15H,4-5H2,1-3H3;1-2H3;2*1H;/q2*-1;;;;+2/p-2. The third-order valence-electron chi connectivity index (χ3n) is 10.8. The summed E-state index contributed by atoms with van der Waals surface area (Å²) in [6, 6.07) is 41.2. The van der Waals surface area contributed by atoms with Crippen LogP contribution in [0.5, 0.6) is 0 Å². The molecule has 0 saturated heterocycles. The van der Waals surface area contributed by atoms with E-state index in [-0.39, 0.29) is 30.2 Å². The summed E-state index contributed by atoms with van der Waals surface area (Å²) in [6.07, 6.45) is 7.77. The molecule has 0 aromatic heterocycles. The zero-order valence-corrected chi connectivity index (χ0v) is 37.7. The summed E-state index contributed by atoms with van der Waals surface area (Å²) in [5, 5.41) is 5.56. The van der Waals surface area contributed by atoms with Crippen molar-refractivity contribution < 1.29 is 48.1 Å². The van der Waals surface area contributed by atoms with Gasteiger partial charge in [0, 0.05) is 0 Å². The zero-order chi connectivity index (χ0) is 35.8. The number of halogens is 2. The van der Waals surface area contributed by atoms with E-state index in [1.165, 1.54) is 92.6 Å². The van der Waals surface area contributed by atoms with Crippen molar-refractivity contribution in [3.8, 4) is 22.3 Å². The first-order valence-corrected chi connectivity index (χ1v) is 25.4. The Labute approximate surface area is 343 Å². The summed E-state index contributed by atoms with van der Waals surface area (Å²) in [5.74, 6) is 2.90. The molecule has 0 radical (unpaired) electrons. The molecule has 1 saturated carbocycles. The molecule has 1 aliphatic rings. The Morgan fingerprint density at radius 3 is 1.63 bits per heavy atom. The quantitative estimate of drug-likeness (QED) is 0.112. The van der Waals surface area contributed by atoms with Gasteiger partial charge in [-0.3, -0.25) is 0 Å². The van der Waals surface area contributed by atoms with Crippen molar-refractivity contribution in [1.29, 1.82) is 0 Å². The van der Waals surface area contributed by atoms with E-state index >= 15 is 0 Å². The molecule has 6 aromatic carbocycles. The van der Waals surface area contributed by atoms with Gasteiger partial charge in [-0.2, -0.15) is 12.1 Å². The Hall–Kier alpha value is -2.22. The number of hydrogen-bond donors (Lipinski definition) is 0. The van der Waals surface area contributed by atoms with Crippen LogP contribution in [0.15, 0.2) is 109 Å². The molecular weight excluding hydrogens is 767 g/mol. The van der Waals surface area contributed by atoms with Gasteiger partial charge in [0.2, 0.25) is 0 Å². The van der Waals surface area contributed by atoms with E-state index in [4.69, 9.17) is 0 Å². The van der Waals surface area contributed by atoms with Crippen LogP contribution in [0.3, 0.4) is 0 Å². The Kier molecular flexibility index (Phi) is 17.9. The number of aryl methyl sites for hydroxylation is 1. The van der Waals surface area contributed by atoms with Gasteiger partial charge >= 0.3 is 41.9 Å². The van der Waals surface area contributed by atoms with Gasteiger partial charge in [-0.25, -0.2) is 0 Å². The summed E-state index contributed by atoms with van der Waals surface area (Å²) in [4.78, 5) is 0. The maximum absolute atomic E-state index is 2.47. The fraction of sp³-hybridized carbons (Fsp3) is 0.375. The molecule has 274 valence electrons. The van der Waals surface area contributed by atoms with Crippen molar-refractivity contribution in [2.75, 3.05) is 0 Å². The molecular formula is C48H58Cl2SiZr-2. The molecule has 7 rings (SSSR count). The molecule has 0 amide bonds. The fourth-order valence-corrected chi connectivity index (χ4v) is 7.37. The molecule has 0 aliphatic heterocycles. The minimum absolute atomic E-state index is 0. The normalized spacial score (nSPS) is 15.8. The van der Waals surface area contributed by atoms with Crippen molar-refractivity contribution in [3.63, 3.8) is 0 Å². The summed E-state index contributed by atoms with van der Waals surface area (Å²) in [5.41, 5.74) is 11.4. The molecule has 1 aliphatic carbocycles. The second-order valence-electron chi connectivity index (χ2n) is 15.3. The van der Waals surface area contributed by atoms with Gasteiger partial charge in [-0.15, -0.1) is 69.1 Å². The smallest absolute Gasteiger partial charge is 1.00 e. The third kappa shape index (κ3) is 11.4. The summed E-state index contributed by atoms with van der Waals surface area (Å²) in [6.45, 7) is 18.3. The monoisotopic (exact) mass is 822 g/mol. The first-order chi connectivity index (χ1) is 24.1. The van der Waals surface area contributed by atoms with Crippen molar-refractivity contribution in [2.24, 2.45) is 5.92 Å². The van der Waals surface area contributed by atoms with Gasteiger partial charge < -0.3 is 24.8 Å². The number of benzene rings is 4. The van der Waals surface area contributed by atoms with E-state index in [0.29, 0.717) is 11.8 Å². The molecule has 0 bridgehead atoms. The van der Waals surface area contributed by atoms with Crippen molar-refractivity contribution in [2.45, 2.75) is 111 Å². The molecule has 0 spiro atoms. The second-order valence-corrected chi connectivity index (χ2v) is 24.7. The Balaban J connectivity index is 0.000000249. The molecule has 0 N–H and O–H groups in total. The molecule has 52 heavy (non-hydrogen) atoms. The van der Waals surface area contributed by atoms with Gasteiger partial charge in [0.15, 0.2) is 0 Å². The van der Waals surface area contributed by atoms with Crippen LogP contribution >= 0.6 is 0 Å². The molecule has 1 unspecified atom stereocenters. The van der Waals surface area contributed by atoms with Gasteiger partial charge in [0.1, 0.15) is 0 Å². The Bertz CT molecular complexity index is 1970. The molecule has 6 aromatic rings. The number of hydrogen-bond acceptors (Lipinski definition) is 0. The van der Waals surface area contributed by atoms with Crippen LogP contribution in [0.4, 0.5) is 0 Å². The summed E-state index contributed by atoms with van der Waals surface area (Å²) >= 11 is 1.74. The maximum atomic E-state index is 2.47. The molecule has 0 nitrogen and oxygen atoms in total. The van der Waals surface area contributed by atoms with E-state index in [1.54, 1.807) is 28.9 Å². The van der Waals surface area contributed by atoms with E-state index in [0.717, 1.165) is 18.3 Å². The van der Waals surface area contributed by atoms with Crippen LogP contribution < -0.4 is 24.8 Å². The minimum atomic E-state index is 0. The zero-order valence-electron chi connectivity index (χ0n) is 32.7. The van der Waals surface area contributed by atoms with Gasteiger partial charge in [-0.05, 0) is 71.6 Å². The Morgan fingerprint density at radius 2 is 1.15 bits per heavy atom. The predicted octanol–water partition coefficient (Wildman–Crippen LogP) is 8.74. The largest absolute Gasteiger partial charge is 1.00 e. The van der Waals surface area contributed by atoms with Crippen LogP contribution in [0.25, 0.3) is 43.8 Å². The number of fused-ring (bicyclic) bond motifs is 2. The number of rotatable bonds is 7. The average Bonchev–Trinajstić information content (AvgIpc) is 3.76. The van der Waals surface area contributed by atoms with Crippen LogP contribution in [0, 0.1) is 5.92 Å². The van der Waals surface area contributed by atoms with Crippen LogP contribution in [0.1, 0.15) is 114 Å². The average molecular weight is 825 g/mol. The van der Waals surface area contributed by atoms with E-state index in [2.05, 4.69) is 164 Å². The summed E-state index contributed by atoms with van der Waals surface area (Å²) in [7, 11) is 0. The summed E-state index contributed by atoms with van der Waals surface area (Å²) < 4.78 is 0. The predicted molar refractivity (Wildman–Crippen MR) is 220 cm³/mol. The van der Waals surface area contributed by atoms with Gasteiger partial charge in [0.05, 0.1) is 0 Å². The van der Waals surface area contributed by atoms with Crippen molar-refractivity contribution in [1.82, 2.24) is 0 Å². The van der Waals surface area contributed by atoms with Crippen LogP contribution in [-0.2, 0) is 29.8 Å². The van der Waals surface area contributed by atoms with Crippen LogP contribution in [-0.4, -0.2) is 5.43 Å². The van der Waals surface area contributed by atoms with Gasteiger partial charge in [0.25, 0.3) is 0 Å². The first kappa shape index (κ1) is 44.2. The molecule has 1 fully saturated rings. The van der Waals surface area contributed by atoms with E-state index < -0.39 is 0 Å². The van der Waals surface area contributed by atoms with Crippen LogP contribution in [0.2, 0.25) is 13.1 Å². The third-order valence-corrected chi connectivity index (χ3v) is 10.8. The molecule has 4 heteroatoms. The molecule has 1 atom stereocenters. The minimum Gasteiger partial charge on any atom is -1.00 e.